The smallest absolute Gasteiger partial charge is 0.204 e. The molecular weight excluding hydrogens is 509 g/mol. The molecule has 0 unspecified atom stereocenters. The Bertz CT molecular complexity index is 1230. The van der Waals surface area contributed by atoms with Crippen molar-refractivity contribution < 1.29 is 22.0 Å². The summed E-state index contributed by atoms with van der Waals surface area (Å²) in [4.78, 5) is 0. The molecule has 3 aromatic carbocycles. The molecule has 0 atom stereocenters. The van der Waals surface area contributed by atoms with Gasteiger partial charge in [0.15, 0.2) is 29.1 Å². The second-order valence-corrected chi connectivity index (χ2v) is 12.4. The van der Waals surface area contributed by atoms with E-state index < -0.39 is 49.2 Å². The highest BCUT2D eigenvalue weighted by molar-refractivity contribution is 7.73. The largest absolute Gasteiger partial charge is 0.209 e. The van der Waals surface area contributed by atoms with Gasteiger partial charge in [-0.1, -0.05) is 61.1 Å². The van der Waals surface area contributed by atoms with E-state index in [1.165, 1.54) is 10.6 Å². The first-order chi connectivity index (χ1) is 17.9. The normalized spacial score (nSPS) is 11.7. The van der Waals surface area contributed by atoms with Gasteiger partial charge in [-0.25, -0.2) is 22.0 Å². The molecule has 7 heteroatoms. The van der Waals surface area contributed by atoms with E-state index in [0.29, 0.717) is 12.6 Å². The standard InChI is InChI=1S/C31H35BF5P/c1-8-9-10-11-32(24-25(33)27(35)29(37)28(36)26(24)34)12-13-38(30-20(4)14-18(2)15-21(30)5)31-22(6)16-19(3)17-23(31)7/h10-11,14-17H,8-9,12-13H2,1-7H3/b11-10+. The van der Waals surface area contributed by atoms with Crippen LogP contribution in [0.3, 0.4) is 0 Å². The molecule has 38 heavy (non-hydrogen) atoms. The summed E-state index contributed by atoms with van der Waals surface area (Å²) in [6.07, 6.45) is 3.99. The van der Waals surface area contributed by atoms with E-state index in [9.17, 15) is 22.0 Å². The molecule has 0 saturated heterocycles. The van der Waals surface area contributed by atoms with Gasteiger partial charge in [-0.05, 0) is 94.9 Å². The van der Waals surface area contributed by atoms with E-state index >= 15 is 0 Å². The summed E-state index contributed by atoms with van der Waals surface area (Å²) in [6, 6.07) is 8.55. The number of rotatable bonds is 9. The van der Waals surface area contributed by atoms with Crippen molar-refractivity contribution in [1.82, 2.24) is 0 Å². The second-order valence-electron chi connectivity index (χ2n) is 10.2. The maximum Gasteiger partial charge on any atom is 0.209 e. The van der Waals surface area contributed by atoms with Gasteiger partial charge in [-0.2, -0.15) is 0 Å². The minimum Gasteiger partial charge on any atom is -0.204 e. The van der Waals surface area contributed by atoms with Gasteiger partial charge in [0.2, 0.25) is 6.71 Å². The van der Waals surface area contributed by atoms with E-state index in [4.69, 9.17) is 0 Å². The van der Waals surface area contributed by atoms with Crippen LogP contribution in [0.25, 0.3) is 0 Å². The molecule has 0 saturated carbocycles. The zero-order valence-corrected chi connectivity index (χ0v) is 24.1. The molecule has 0 nitrogen and oxygen atoms in total. The third-order valence-electron chi connectivity index (χ3n) is 6.91. The number of benzene rings is 3. The van der Waals surface area contributed by atoms with Gasteiger partial charge >= 0.3 is 0 Å². The Hall–Kier alpha value is -2.46. The summed E-state index contributed by atoms with van der Waals surface area (Å²) in [5.41, 5.74) is 6.11. The average Bonchev–Trinajstić information content (AvgIpc) is 2.83. The summed E-state index contributed by atoms with van der Waals surface area (Å²) in [6.45, 7) is 13.4. The lowest BCUT2D eigenvalue weighted by molar-refractivity contribution is 0.384. The minimum absolute atomic E-state index is 0.240. The van der Waals surface area contributed by atoms with E-state index in [-0.39, 0.29) is 6.32 Å². The number of unbranched alkanes of at least 4 members (excludes halogenated alkanes) is 1. The van der Waals surface area contributed by atoms with Crippen molar-refractivity contribution in [3.63, 3.8) is 0 Å². The summed E-state index contributed by atoms with van der Waals surface area (Å²) >= 11 is 0. The van der Waals surface area contributed by atoms with Crippen molar-refractivity contribution in [2.24, 2.45) is 0 Å². The first kappa shape index (κ1) is 30.1. The molecule has 3 rings (SSSR count). The highest BCUT2D eigenvalue weighted by atomic mass is 31.1. The lowest BCUT2D eigenvalue weighted by Crippen LogP contribution is -2.38. The second kappa shape index (κ2) is 12.6. The molecule has 0 aliphatic heterocycles. The third kappa shape index (κ3) is 6.23. The van der Waals surface area contributed by atoms with Gasteiger partial charge in [0.25, 0.3) is 0 Å². The highest BCUT2D eigenvalue weighted by Crippen LogP contribution is 2.40. The quantitative estimate of drug-likeness (QED) is 0.0843. The Balaban J connectivity index is 2.17. The Morgan fingerprint density at radius 1 is 0.658 bits per heavy atom. The SMILES string of the molecule is CCC/C=C/B(CCP(c1c(C)cc(C)cc1C)c1c(C)cc(C)cc1C)c1c(F)c(F)c(F)c(F)c1F. The molecule has 0 N–H and O–H groups in total. The predicted molar refractivity (Wildman–Crippen MR) is 153 cm³/mol. The van der Waals surface area contributed by atoms with E-state index in [0.717, 1.165) is 39.8 Å². The van der Waals surface area contributed by atoms with Crippen LogP contribution >= 0.6 is 7.92 Å². The van der Waals surface area contributed by atoms with Crippen molar-refractivity contribution in [3.05, 3.63) is 98.8 Å². The predicted octanol–water partition coefficient (Wildman–Crippen LogP) is 7.96. The van der Waals surface area contributed by atoms with Crippen LogP contribution in [-0.2, 0) is 0 Å². The minimum atomic E-state index is -2.13. The third-order valence-corrected chi connectivity index (χ3v) is 10.1. The van der Waals surface area contributed by atoms with Gasteiger partial charge in [-0.3, -0.25) is 0 Å². The monoisotopic (exact) mass is 544 g/mol. The molecule has 0 spiro atoms. The number of aryl methyl sites for hydroxylation is 6. The van der Waals surface area contributed by atoms with E-state index in [2.05, 4.69) is 52.0 Å². The maximum absolute atomic E-state index is 14.9. The van der Waals surface area contributed by atoms with Crippen LogP contribution in [0.15, 0.2) is 36.3 Å². The highest BCUT2D eigenvalue weighted by Gasteiger charge is 2.32. The fourth-order valence-electron chi connectivity index (χ4n) is 5.51. The fraction of sp³-hybridized carbons (Fsp3) is 0.355. The fourth-order valence-corrected chi connectivity index (χ4v) is 8.68. The molecule has 0 radical (unpaired) electrons. The van der Waals surface area contributed by atoms with Gasteiger partial charge < -0.3 is 0 Å². The summed E-state index contributed by atoms with van der Waals surface area (Å²) in [5.74, 6) is -7.81. The molecule has 0 aliphatic rings. The first-order valence-electron chi connectivity index (χ1n) is 13.0. The van der Waals surface area contributed by atoms with Crippen LogP contribution in [0.2, 0.25) is 6.32 Å². The van der Waals surface area contributed by atoms with Crippen molar-refractivity contribution in [1.29, 1.82) is 0 Å². The Morgan fingerprint density at radius 2 is 1.05 bits per heavy atom. The zero-order valence-electron chi connectivity index (χ0n) is 23.2. The van der Waals surface area contributed by atoms with Crippen molar-refractivity contribution in [3.8, 4) is 0 Å². The molecule has 0 amide bonds. The van der Waals surface area contributed by atoms with Gasteiger partial charge in [0, 0.05) is 5.46 Å². The molecule has 3 aromatic rings. The van der Waals surface area contributed by atoms with Crippen LogP contribution in [0.1, 0.15) is 53.1 Å². The first-order valence-corrected chi connectivity index (χ1v) is 14.5. The summed E-state index contributed by atoms with van der Waals surface area (Å²) < 4.78 is 72.1. The molecule has 0 aromatic heterocycles. The summed E-state index contributed by atoms with van der Waals surface area (Å²) in [7, 11) is -0.982. The van der Waals surface area contributed by atoms with Gasteiger partial charge in [-0.15, -0.1) is 5.98 Å². The van der Waals surface area contributed by atoms with Crippen molar-refractivity contribution in [2.75, 3.05) is 6.16 Å². The molecule has 0 heterocycles. The lowest BCUT2D eigenvalue weighted by atomic mass is 9.42. The van der Waals surface area contributed by atoms with Gasteiger partial charge in [0.1, 0.15) is 0 Å². The molecule has 0 bridgehead atoms. The average molecular weight is 544 g/mol. The number of hydrogen-bond acceptors (Lipinski definition) is 0. The Labute approximate surface area is 225 Å². The number of halogens is 5. The van der Waals surface area contributed by atoms with Crippen LogP contribution in [-0.4, -0.2) is 12.9 Å². The van der Waals surface area contributed by atoms with Crippen LogP contribution in [0.5, 0.6) is 0 Å². The molecule has 0 aliphatic carbocycles. The van der Waals surface area contributed by atoms with Crippen LogP contribution in [0.4, 0.5) is 22.0 Å². The maximum atomic E-state index is 14.9. The molecule has 202 valence electrons. The Kier molecular flexibility index (Phi) is 9.98. The van der Waals surface area contributed by atoms with Crippen LogP contribution in [0, 0.1) is 70.6 Å². The molecular formula is C31H35BF5P. The van der Waals surface area contributed by atoms with E-state index in [1.54, 1.807) is 12.1 Å². The Morgan fingerprint density at radius 3 is 1.45 bits per heavy atom. The lowest BCUT2D eigenvalue weighted by Gasteiger charge is -2.28. The topological polar surface area (TPSA) is 0 Å². The summed E-state index contributed by atoms with van der Waals surface area (Å²) in [5, 5.41) is 2.41. The van der Waals surface area contributed by atoms with Crippen molar-refractivity contribution >= 4 is 30.7 Å². The number of hydrogen-bond donors (Lipinski definition) is 0. The van der Waals surface area contributed by atoms with Crippen molar-refractivity contribution in [2.45, 2.75) is 67.6 Å². The van der Waals surface area contributed by atoms with Gasteiger partial charge in [0.05, 0.1) is 0 Å². The number of allylic oxidation sites excluding steroid dienone is 1. The van der Waals surface area contributed by atoms with E-state index in [1.807, 2.05) is 20.8 Å². The van der Waals surface area contributed by atoms with Crippen LogP contribution < -0.4 is 16.1 Å². The molecule has 0 fully saturated rings. The zero-order chi connectivity index (χ0) is 28.3.